The van der Waals surface area contributed by atoms with Crippen LogP contribution in [0.4, 0.5) is 0 Å². The highest BCUT2D eigenvalue weighted by molar-refractivity contribution is 6.30. The van der Waals surface area contributed by atoms with Crippen LogP contribution in [-0.4, -0.2) is 9.91 Å². The van der Waals surface area contributed by atoms with Crippen LogP contribution in [0.1, 0.15) is 5.56 Å². The molecule has 1 aromatic rings. The molecule has 0 aliphatic heterocycles. The number of hydrogen-bond acceptors (Lipinski definition) is 3. The van der Waals surface area contributed by atoms with Gasteiger partial charge in [-0.15, -0.1) is 0 Å². The quantitative estimate of drug-likeness (QED) is 0.522. The third kappa shape index (κ3) is 2.67. The van der Waals surface area contributed by atoms with Gasteiger partial charge in [0, 0.05) is 24.0 Å². The fraction of sp³-hybridized carbons (Fsp3) is 0. The van der Waals surface area contributed by atoms with Crippen molar-refractivity contribution in [2.75, 3.05) is 0 Å². The van der Waals surface area contributed by atoms with Crippen molar-refractivity contribution in [3.63, 3.8) is 0 Å². The highest BCUT2D eigenvalue weighted by atomic mass is 35.5. The van der Waals surface area contributed by atoms with E-state index in [0.717, 1.165) is 6.20 Å². The second-order valence-electron chi connectivity index (χ2n) is 2.04. The summed E-state index contributed by atoms with van der Waals surface area (Å²) in [5, 5.41) is 10.4. The maximum atomic E-state index is 9.92. The Morgan fingerprint density at radius 3 is 2.92 bits per heavy atom. The molecule has 0 saturated heterocycles. The minimum absolute atomic E-state index is 0.459. The summed E-state index contributed by atoms with van der Waals surface area (Å²) in [5.74, 6) is 0. The fourth-order valence-corrected chi connectivity index (χ4v) is 0.849. The van der Waals surface area contributed by atoms with E-state index < -0.39 is 4.92 Å². The van der Waals surface area contributed by atoms with Gasteiger partial charge in [-0.05, 0) is 6.07 Å². The van der Waals surface area contributed by atoms with Crippen molar-refractivity contribution in [2.45, 2.75) is 0 Å². The Balaban J connectivity index is 2.83. The lowest BCUT2D eigenvalue weighted by Gasteiger charge is -1.90. The van der Waals surface area contributed by atoms with Gasteiger partial charge in [-0.2, -0.15) is 0 Å². The van der Waals surface area contributed by atoms with Crippen LogP contribution in [0, 0.1) is 10.1 Å². The first-order valence-corrected chi connectivity index (χ1v) is 3.48. The average Bonchev–Trinajstić information content (AvgIpc) is 2.01. The van der Waals surface area contributed by atoms with Crippen molar-refractivity contribution >= 4 is 17.7 Å². The second-order valence-corrected chi connectivity index (χ2v) is 2.47. The van der Waals surface area contributed by atoms with E-state index in [1.54, 1.807) is 6.07 Å². The predicted octanol–water partition coefficient (Wildman–Crippen LogP) is 1.98. The summed E-state index contributed by atoms with van der Waals surface area (Å²) in [6.45, 7) is 0. The molecule has 0 bridgehead atoms. The number of aromatic nitrogens is 1. The topological polar surface area (TPSA) is 56.0 Å². The zero-order valence-electron chi connectivity index (χ0n) is 5.98. The smallest absolute Gasteiger partial charge is 0.235 e. The number of halogens is 1. The standard InChI is InChI=1S/C7H5ClN2O2/c8-7-3-6(4-9-5-7)1-2-10(11)12/h1-5H. The van der Waals surface area contributed by atoms with E-state index >= 15 is 0 Å². The van der Waals surface area contributed by atoms with Crippen LogP contribution in [-0.2, 0) is 0 Å². The lowest BCUT2D eigenvalue weighted by Crippen LogP contribution is -1.83. The van der Waals surface area contributed by atoms with Gasteiger partial charge in [-0.25, -0.2) is 0 Å². The van der Waals surface area contributed by atoms with Crippen LogP contribution < -0.4 is 0 Å². The van der Waals surface area contributed by atoms with Crippen LogP contribution in [0.3, 0.4) is 0 Å². The predicted molar refractivity (Wildman–Crippen MR) is 45.3 cm³/mol. The first kappa shape index (κ1) is 8.67. The molecule has 12 heavy (non-hydrogen) atoms. The summed E-state index contributed by atoms with van der Waals surface area (Å²) in [5.41, 5.74) is 0.610. The van der Waals surface area contributed by atoms with E-state index in [4.69, 9.17) is 11.6 Å². The minimum atomic E-state index is -0.541. The monoisotopic (exact) mass is 184 g/mol. The minimum Gasteiger partial charge on any atom is -0.263 e. The van der Waals surface area contributed by atoms with E-state index in [1.165, 1.54) is 18.5 Å². The van der Waals surface area contributed by atoms with Crippen LogP contribution >= 0.6 is 11.6 Å². The summed E-state index contributed by atoms with van der Waals surface area (Å²) in [7, 11) is 0. The molecule has 0 aliphatic carbocycles. The first-order chi connectivity index (χ1) is 5.68. The van der Waals surface area contributed by atoms with Gasteiger partial charge in [0.2, 0.25) is 6.20 Å². The van der Waals surface area contributed by atoms with E-state index in [9.17, 15) is 10.1 Å². The van der Waals surface area contributed by atoms with Crippen molar-refractivity contribution in [2.24, 2.45) is 0 Å². The molecule has 62 valence electrons. The van der Waals surface area contributed by atoms with E-state index in [-0.39, 0.29) is 0 Å². The number of hydrogen-bond donors (Lipinski definition) is 0. The summed E-state index contributed by atoms with van der Waals surface area (Å²) in [6, 6.07) is 1.59. The molecule has 0 aromatic carbocycles. The van der Waals surface area contributed by atoms with Gasteiger partial charge in [0.1, 0.15) is 0 Å². The zero-order chi connectivity index (χ0) is 8.97. The Morgan fingerprint density at radius 2 is 2.33 bits per heavy atom. The Bertz CT molecular complexity index is 325. The van der Waals surface area contributed by atoms with Gasteiger partial charge in [0.15, 0.2) is 0 Å². The molecule has 1 aromatic heterocycles. The van der Waals surface area contributed by atoms with E-state index in [1.807, 2.05) is 0 Å². The van der Waals surface area contributed by atoms with Crippen molar-refractivity contribution in [1.82, 2.24) is 4.98 Å². The molecule has 1 heterocycles. The Kier molecular flexibility index (Phi) is 2.76. The second kappa shape index (κ2) is 3.82. The van der Waals surface area contributed by atoms with Gasteiger partial charge in [-0.1, -0.05) is 11.6 Å². The van der Waals surface area contributed by atoms with Crippen LogP contribution in [0.5, 0.6) is 0 Å². The molecule has 0 unspecified atom stereocenters. The fourth-order valence-electron chi connectivity index (χ4n) is 0.666. The van der Waals surface area contributed by atoms with Crippen molar-refractivity contribution < 1.29 is 4.92 Å². The number of rotatable bonds is 2. The van der Waals surface area contributed by atoms with E-state index in [2.05, 4.69) is 4.98 Å². The molecule has 0 spiro atoms. The van der Waals surface area contributed by atoms with Gasteiger partial charge >= 0.3 is 0 Å². The molecular weight excluding hydrogens is 180 g/mol. The van der Waals surface area contributed by atoms with Crippen molar-refractivity contribution in [3.05, 3.63) is 45.4 Å². The summed E-state index contributed by atoms with van der Waals surface area (Å²) < 4.78 is 0. The van der Waals surface area contributed by atoms with Crippen molar-refractivity contribution in [1.29, 1.82) is 0 Å². The molecule has 0 aliphatic rings. The van der Waals surface area contributed by atoms with Gasteiger partial charge in [0.05, 0.1) is 9.95 Å². The molecule has 0 amide bonds. The van der Waals surface area contributed by atoms with Crippen LogP contribution in [0.2, 0.25) is 5.02 Å². The first-order valence-electron chi connectivity index (χ1n) is 3.11. The molecule has 4 nitrogen and oxygen atoms in total. The molecule has 0 N–H and O–H groups in total. The maximum absolute atomic E-state index is 9.92. The number of nitro groups is 1. The maximum Gasteiger partial charge on any atom is 0.235 e. The molecule has 0 fully saturated rings. The third-order valence-electron chi connectivity index (χ3n) is 1.11. The van der Waals surface area contributed by atoms with Crippen molar-refractivity contribution in [3.8, 4) is 0 Å². The van der Waals surface area contributed by atoms with Gasteiger partial charge in [0.25, 0.3) is 0 Å². The Labute approximate surface area is 73.6 Å². The molecule has 0 saturated carbocycles. The normalized spacial score (nSPS) is 10.4. The lowest BCUT2D eigenvalue weighted by atomic mass is 10.3. The third-order valence-corrected chi connectivity index (χ3v) is 1.32. The molecule has 1 rings (SSSR count). The molecule has 0 radical (unpaired) electrons. The molecule has 5 heteroatoms. The Morgan fingerprint density at radius 1 is 1.58 bits per heavy atom. The highest BCUT2D eigenvalue weighted by Crippen LogP contribution is 2.09. The van der Waals surface area contributed by atoms with Crippen LogP contribution in [0.25, 0.3) is 6.08 Å². The highest BCUT2D eigenvalue weighted by Gasteiger charge is 1.91. The average molecular weight is 185 g/mol. The molecular formula is C7H5ClN2O2. The SMILES string of the molecule is O=[N+]([O-])C=Cc1cncc(Cl)c1. The van der Waals surface area contributed by atoms with Gasteiger partial charge in [-0.3, -0.25) is 15.1 Å². The zero-order valence-corrected chi connectivity index (χ0v) is 6.73. The summed E-state index contributed by atoms with van der Waals surface area (Å²) in [4.78, 5) is 13.1. The molecule has 0 atom stereocenters. The number of pyridine rings is 1. The summed E-state index contributed by atoms with van der Waals surface area (Å²) in [6.07, 6.45) is 5.13. The lowest BCUT2D eigenvalue weighted by molar-refractivity contribution is -0.400. The van der Waals surface area contributed by atoms with Gasteiger partial charge < -0.3 is 0 Å². The Hall–Kier alpha value is -1.42. The van der Waals surface area contributed by atoms with Crippen LogP contribution in [0.15, 0.2) is 24.7 Å². The number of nitrogens with zero attached hydrogens (tertiary/aromatic N) is 2. The summed E-state index contributed by atoms with van der Waals surface area (Å²) >= 11 is 5.59. The van der Waals surface area contributed by atoms with E-state index in [0.29, 0.717) is 10.6 Å². The largest absolute Gasteiger partial charge is 0.263 e.